The number of nitrogens with one attached hydrogen (secondary N) is 1. The van der Waals surface area contributed by atoms with Crippen LogP contribution in [-0.2, 0) is 0 Å². The van der Waals surface area contributed by atoms with Crippen LogP contribution in [0.4, 0.5) is 0 Å². The average Bonchev–Trinajstić information content (AvgIpc) is 2.26. The molecule has 0 aliphatic carbocycles. The molecule has 0 fully saturated rings. The van der Waals surface area contributed by atoms with Gasteiger partial charge in [-0.05, 0) is 67.8 Å². The van der Waals surface area contributed by atoms with Gasteiger partial charge in [-0.3, -0.25) is 4.79 Å². The summed E-state index contributed by atoms with van der Waals surface area (Å²) in [6, 6.07) is 0. The Labute approximate surface area is 112 Å². The summed E-state index contributed by atoms with van der Waals surface area (Å²) in [6.07, 6.45) is 0.569. The summed E-state index contributed by atoms with van der Waals surface area (Å²) >= 11 is 6.56. The molecule has 5 heteroatoms. The van der Waals surface area contributed by atoms with Crippen molar-refractivity contribution in [3.63, 3.8) is 0 Å². The molecule has 0 bridgehead atoms. The van der Waals surface area contributed by atoms with Crippen LogP contribution < -0.4 is 0 Å². The van der Waals surface area contributed by atoms with Crippen molar-refractivity contribution in [1.82, 2.24) is 4.98 Å². The van der Waals surface area contributed by atoms with E-state index in [0.29, 0.717) is 6.42 Å². The van der Waals surface area contributed by atoms with E-state index < -0.39 is 0 Å². The Hall–Kier alpha value is 1.14. The van der Waals surface area contributed by atoms with E-state index in [0.717, 1.165) is 16.5 Å². The Morgan fingerprint density at radius 3 is 2.25 bits per heavy atom. The Kier molecular flexibility index (Phi) is 4.28. The van der Waals surface area contributed by atoms with Crippen LogP contribution in [0, 0.1) is 11.0 Å². The molecule has 1 aromatic rings. The first-order valence-electron chi connectivity index (χ1n) is 3.33. The van der Waals surface area contributed by atoms with Crippen LogP contribution >= 0.6 is 67.8 Å². The lowest BCUT2D eigenvalue weighted by atomic mass is 10.2. The van der Waals surface area contributed by atoms with Crippen molar-refractivity contribution in [2.75, 3.05) is 0 Å². The molecule has 66 valence electrons. The quantitative estimate of drug-likeness (QED) is 0.490. The second-order valence-electron chi connectivity index (χ2n) is 2.22. The number of H-pyrrole nitrogens is 1. The summed E-state index contributed by atoms with van der Waals surface area (Å²) in [5.41, 5.74) is 0.850. The van der Waals surface area contributed by atoms with Crippen molar-refractivity contribution in [2.45, 2.75) is 13.3 Å². The fraction of sp³-hybridized carbons (Fsp3) is 0.286. The van der Waals surface area contributed by atoms with Gasteiger partial charge in [-0.2, -0.15) is 0 Å². The number of aromatic nitrogens is 1. The van der Waals surface area contributed by atoms with E-state index in [4.69, 9.17) is 0 Å². The third-order valence-electron chi connectivity index (χ3n) is 1.45. The molecular formula is C7H6I3NO. The van der Waals surface area contributed by atoms with Crippen molar-refractivity contribution < 1.29 is 4.79 Å². The maximum Gasteiger partial charge on any atom is 0.166 e. The van der Waals surface area contributed by atoms with Gasteiger partial charge in [0.2, 0.25) is 0 Å². The summed E-state index contributed by atoms with van der Waals surface area (Å²) in [6.45, 7) is 1.88. The van der Waals surface area contributed by atoms with Gasteiger partial charge in [-0.25, -0.2) is 0 Å². The summed E-state index contributed by atoms with van der Waals surface area (Å²) in [5.74, 6) is 0.211. The van der Waals surface area contributed by atoms with Crippen molar-refractivity contribution in [2.24, 2.45) is 0 Å². The van der Waals surface area contributed by atoms with E-state index in [2.05, 4.69) is 72.8 Å². The Balaban J connectivity index is 3.22. The smallest absolute Gasteiger partial charge is 0.166 e. The monoisotopic (exact) mass is 501 g/mol. The van der Waals surface area contributed by atoms with Gasteiger partial charge in [0, 0.05) is 6.42 Å². The molecule has 0 aliphatic rings. The highest BCUT2D eigenvalue weighted by molar-refractivity contribution is 14.1. The lowest BCUT2D eigenvalue weighted by Crippen LogP contribution is -1.99. The highest BCUT2D eigenvalue weighted by atomic mass is 127. The average molecular weight is 501 g/mol. The molecule has 0 atom stereocenters. The summed E-state index contributed by atoms with van der Waals surface area (Å²) in [5, 5.41) is 0. The minimum atomic E-state index is 0.211. The molecule has 0 aromatic carbocycles. The van der Waals surface area contributed by atoms with Crippen LogP contribution in [0.3, 0.4) is 0 Å². The van der Waals surface area contributed by atoms with Gasteiger partial charge in [-0.1, -0.05) is 6.92 Å². The van der Waals surface area contributed by atoms with Gasteiger partial charge in [-0.15, -0.1) is 0 Å². The zero-order valence-corrected chi connectivity index (χ0v) is 12.7. The standard InChI is InChI=1S/C7H6I3NO/c1-2-3(12)4-5(8)7(10)11-6(4)9/h11H,2H2,1H3. The predicted molar refractivity (Wildman–Crippen MR) is 73.6 cm³/mol. The van der Waals surface area contributed by atoms with Crippen molar-refractivity contribution in [3.8, 4) is 0 Å². The molecule has 1 N–H and O–H groups in total. The van der Waals surface area contributed by atoms with E-state index in [1.54, 1.807) is 0 Å². The number of rotatable bonds is 2. The first-order chi connectivity index (χ1) is 5.57. The van der Waals surface area contributed by atoms with Gasteiger partial charge in [0.15, 0.2) is 5.78 Å². The van der Waals surface area contributed by atoms with E-state index in [-0.39, 0.29) is 5.78 Å². The normalized spacial score (nSPS) is 10.3. The van der Waals surface area contributed by atoms with Gasteiger partial charge in [0.25, 0.3) is 0 Å². The van der Waals surface area contributed by atoms with Gasteiger partial charge >= 0.3 is 0 Å². The zero-order chi connectivity index (χ0) is 9.30. The topological polar surface area (TPSA) is 32.9 Å². The van der Waals surface area contributed by atoms with Gasteiger partial charge < -0.3 is 4.98 Å². The second kappa shape index (κ2) is 4.58. The number of hydrogen-bond donors (Lipinski definition) is 1. The number of carbonyl (C=O) groups is 1. The van der Waals surface area contributed by atoms with Crippen LogP contribution in [0.5, 0.6) is 0 Å². The van der Waals surface area contributed by atoms with E-state index in [1.165, 1.54) is 0 Å². The third-order valence-corrected chi connectivity index (χ3v) is 5.18. The number of Topliss-reactive ketones (excluding diaryl/α,β-unsaturated/α-hetero) is 1. The fourth-order valence-corrected chi connectivity index (χ4v) is 3.96. The van der Waals surface area contributed by atoms with Gasteiger partial charge in [0.05, 0.1) is 16.5 Å². The molecular weight excluding hydrogens is 495 g/mol. The summed E-state index contributed by atoms with van der Waals surface area (Å²) < 4.78 is 3.05. The van der Waals surface area contributed by atoms with Crippen LogP contribution in [-0.4, -0.2) is 10.8 Å². The SMILES string of the molecule is CCC(=O)c1c(I)[nH]c(I)c1I. The highest BCUT2D eigenvalue weighted by Gasteiger charge is 2.17. The first kappa shape index (κ1) is 11.2. The van der Waals surface area contributed by atoms with Gasteiger partial charge in [0.1, 0.15) is 0 Å². The molecule has 0 amide bonds. The lowest BCUT2D eigenvalue weighted by molar-refractivity contribution is 0.0986. The molecule has 1 aromatic heterocycles. The maximum atomic E-state index is 11.4. The Bertz CT molecular complexity index is 319. The third kappa shape index (κ3) is 2.14. The maximum absolute atomic E-state index is 11.4. The van der Waals surface area contributed by atoms with E-state index in [9.17, 15) is 4.79 Å². The molecule has 0 aliphatic heterocycles. The molecule has 1 heterocycles. The largest absolute Gasteiger partial charge is 0.344 e. The summed E-state index contributed by atoms with van der Waals surface area (Å²) in [7, 11) is 0. The zero-order valence-electron chi connectivity index (χ0n) is 6.25. The molecule has 0 saturated heterocycles. The van der Waals surface area contributed by atoms with E-state index in [1.807, 2.05) is 6.92 Å². The van der Waals surface area contributed by atoms with Crippen LogP contribution in [0.25, 0.3) is 0 Å². The number of hydrogen-bond acceptors (Lipinski definition) is 1. The van der Waals surface area contributed by atoms with E-state index >= 15 is 0 Å². The first-order valence-corrected chi connectivity index (χ1v) is 6.57. The molecule has 0 saturated carbocycles. The van der Waals surface area contributed by atoms with Crippen LogP contribution in [0.1, 0.15) is 23.7 Å². The molecule has 2 nitrogen and oxygen atoms in total. The molecule has 0 radical (unpaired) electrons. The minimum Gasteiger partial charge on any atom is -0.344 e. The lowest BCUT2D eigenvalue weighted by Gasteiger charge is -1.94. The van der Waals surface area contributed by atoms with Crippen molar-refractivity contribution >= 4 is 73.6 Å². The Morgan fingerprint density at radius 2 is 1.92 bits per heavy atom. The minimum absolute atomic E-state index is 0.211. The number of ketones is 1. The molecule has 0 unspecified atom stereocenters. The molecule has 0 spiro atoms. The van der Waals surface area contributed by atoms with Crippen LogP contribution in [0.2, 0.25) is 0 Å². The predicted octanol–water partition coefficient (Wildman–Crippen LogP) is 3.42. The number of carbonyl (C=O) groups excluding carboxylic acids is 1. The van der Waals surface area contributed by atoms with Crippen molar-refractivity contribution in [3.05, 3.63) is 16.5 Å². The molecule has 1 rings (SSSR count). The number of halogens is 3. The highest BCUT2D eigenvalue weighted by Crippen LogP contribution is 2.24. The fourth-order valence-electron chi connectivity index (χ4n) is 0.841. The van der Waals surface area contributed by atoms with Crippen LogP contribution in [0.15, 0.2) is 0 Å². The van der Waals surface area contributed by atoms with Crippen molar-refractivity contribution in [1.29, 1.82) is 0 Å². The second-order valence-corrected chi connectivity index (χ2v) is 5.45. The number of aromatic amines is 1. The molecule has 12 heavy (non-hydrogen) atoms. The Morgan fingerprint density at radius 1 is 1.33 bits per heavy atom. The summed E-state index contributed by atoms with van der Waals surface area (Å²) in [4.78, 5) is 14.6.